The number of para-hydroxylation sites is 2. The van der Waals surface area contributed by atoms with Crippen LogP contribution >= 0.6 is 20.4 Å². The summed E-state index contributed by atoms with van der Waals surface area (Å²) in [7, 11) is 9.40. The molecule has 1 aliphatic rings. The quantitative estimate of drug-likeness (QED) is 0.237. The van der Waals surface area contributed by atoms with E-state index in [1.54, 1.807) is 0 Å². The van der Waals surface area contributed by atoms with Gasteiger partial charge in [0.05, 0.1) is 22.8 Å². The fourth-order valence-corrected chi connectivity index (χ4v) is 4.40. The van der Waals surface area contributed by atoms with Gasteiger partial charge in [0.25, 0.3) is 0 Å². The van der Waals surface area contributed by atoms with Crippen LogP contribution in [0.5, 0.6) is 0 Å². The third-order valence-corrected chi connectivity index (χ3v) is 5.97. The van der Waals surface area contributed by atoms with Crippen LogP contribution in [-0.2, 0) is 12.7 Å². The van der Waals surface area contributed by atoms with Gasteiger partial charge in [0.1, 0.15) is 0 Å². The van der Waals surface area contributed by atoms with Crippen LogP contribution < -0.4 is 0 Å². The van der Waals surface area contributed by atoms with E-state index in [2.05, 4.69) is 100 Å². The van der Waals surface area contributed by atoms with Gasteiger partial charge >= 0.3 is 33.0 Å². The maximum absolute atomic E-state index is 5.22. The van der Waals surface area contributed by atoms with Gasteiger partial charge in [-0.2, -0.15) is 0 Å². The second-order valence-corrected chi connectivity index (χ2v) is 9.79. The van der Waals surface area contributed by atoms with Gasteiger partial charge in [-0.25, -0.2) is 9.98 Å². The molecule has 4 aromatic rings. The molecule has 0 atom stereocenters. The molecule has 1 aliphatic carbocycles. The Morgan fingerprint density at radius 2 is 0.879 bits per heavy atom. The third-order valence-electron chi connectivity index (χ3n) is 5.97. The molecule has 0 spiro atoms. The predicted octanol–water partition coefficient (Wildman–Crippen LogP) is 8.71. The molecular weight excluding hydrogens is 494 g/mol. The molecule has 170 valence electrons. The van der Waals surface area contributed by atoms with Crippen LogP contribution in [0.4, 0.5) is 11.4 Å². The van der Waals surface area contributed by atoms with E-state index in [0.29, 0.717) is 12.7 Å². The first-order chi connectivity index (χ1) is 16.0. The number of aliphatic imine (C=N–C) groups is 2. The van der Waals surface area contributed by atoms with Gasteiger partial charge in [-0.1, -0.05) is 72.8 Å². The number of halogens is 2. The summed E-state index contributed by atoms with van der Waals surface area (Å²) in [6.07, 6.45) is 0. The third kappa shape index (κ3) is 4.64. The molecule has 0 aliphatic heterocycles. The molecule has 33 heavy (non-hydrogen) atoms. The molecule has 0 heterocycles. The zero-order chi connectivity index (χ0) is 23.5. The maximum atomic E-state index is 5.22. The normalized spacial score (nSPS) is 14.7. The van der Waals surface area contributed by atoms with E-state index in [-0.39, 0.29) is 0 Å². The van der Waals surface area contributed by atoms with Gasteiger partial charge in [-0.05, 0) is 55.3 Å². The van der Waals surface area contributed by atoms with Gasteiger partial charge in [0.2, 0.25) is 0 Å². The summed E-state index contributed by atoms with van der Waals surface area (Å²) >= 11 is 0.569. The van der Waals surface area contributed by atoms with Crippen LogP contribution in [-0.4, -0.2) is 11.4 Å². The Balaban J connectivity index is 0.000000821. The zero-order valence-electron chi connectivity index (χ0n) is 18.9. The van der Waals surface area contributed by atoms with E-state index < -0.39 is 0 Å². The topological polar surface area (TPSA) is 24.7 Å². The van der Waals surface area contributed by atoms with Gasteiger partial charge in [-0.15, -0.1) is 0 Å². The van der Waals surface area contributed by atoms with Crippen molar-refractivity contribution in [2.45, 2.75) is 27.7 Å². The standard InChI is InChI=1S/C28H24N2.2ClH.Ni/c1-17-9-5-10-18(2)25(17)29-27-22-15-7-13-21-14-8-16-23(24(21)22)28(27)30-26-19(3)11-6-12-20(26)4;;;/h5-16H,1-4H3;2*1H;/q;;;+2/p-2. The SMILES string of the molecule is Cc1cccc(C)c1N=C1C(=Nc2c(C)cccc2C)c2cccc3cccc1c23.[Cl][Ni][Cl]. The molecule has 0 fully saturated rings. The number of aryl methyl sites for hydroxylation is 4. The van der Waals surface area contributed by atoms with E-state index in [1.165, 1.54) is 33.0 Å². The molecule has 0 radical (unpaired) electrons. The van der Waals surface area contributed by atoms with Crippen molar-refractivity contribution in [2.24, 2.45) is 9.98 Å². The number of hydrogen-bond donors (Lipinski definition) is 0. The van der Waals surface area contributed by atoms with Crippen molar-refractivity contribution >= 4 is 54.0 Å². The predicted molar refractivity (Wildman–Crippen MR) is 140 cm³/mol. The molecule has 0 aromatic heterocycles. The Morgan fingerprint density at radius 3 is 1.24 bits per heavy atom. The Labute approximate surface area is 209 Å². The average molecular weight is 518 g/mol. The Bertz CT molecular complexity index is 1260. The van der Waals surface area contributed by atoms with Crippen molar-refractivity contribution in [3.05, 3.63) is 106 Å². The Kier molecular flexibility index (Phi) is 7.34. The number of hydrogen-bond acceptors (Lipinski definition) is 2. The second-order valence-electron chi connectivity index (χ2n) is 8.16. The minimum absolute atomic E-state index is 0.569. The average Bonchev–Trinajstić information content (AvgIpc) is 3.09. The van der Waals surface area contributed by atoms with Crippen molar-refractivity contribution in [3.8, 4) is 0 Å². The molecule has 0 amide bonds. The van der Waals surface area contributed by atoms with Crippen molar-refractivity contribution in [1.82, 2.24) is 0 Å². The molecule has 4 aromatic carbocycles. The summed E-state index contributed by atoms with van der Waals surface area (Å²) in [5, 5.41) is 2.47. The first-order valence-corrected chi connectivity index (χ1v) is 13.3. The first kappa shape index (κ1) is 23.7. The van der Waals surface area contributed by atoms with E-state index >= 15 is 0 Å². The summed E-state index contributed by atoms with van der Waals surface area (Å²) in [6, 6.07) is 25.6. The molecule has 5 heteroatoms. The number of nitrogens with zero attached hydrogens (tertiary/aromatic N) is 2. The summed E-state index contributed by atoms with van der Waals surface area (Å²) < 4.78 is 0. The van der Waals surface area contributed by atoms with E-state index in [1.807, 2.05) is 0 Å². The Hall–Kier alpha value is -2.45. The molecule has 0 saturated heterocycles. The fourth-order valence-electron chi connectivity index (χ4n) is 4.40. The van der Waals surface area contributed by atoms with E-state index in [0.717, 1.165) is 33.9 Å². The van der Waals surface area contributed by atoms with Crippen LogP contribution in [0.25, 0.3) is 10.8 Å². The first-order valence-electron chi connectivity index (χ1n) is 10.6. The summed E-state index contributed by atoms with van der Waals surface area (Å²) in [6.45, 7) is 8.49. The molecular formula is C28H24Cl2N2Ni. The van der Waals surface area contributed by atoms with Crippen LogP contribution in [0.1, 0.15) is 33.4 Å². The molecule has 0 N–H and O–H groups in total. The van der Waals surface area contributed by atoms with Gasteiger partial charge in [-0.3, -0.25) is 0 Å². The molecule has 0 saturated carbocycles. The Morgan fingerprint density at radius 1 is 0.545 bits per heavy atom. The minimum atomic E-state index is 0.569. The van der Waals surface area contributed by atoms with E-state index in [4.69, 9.17) is 30.4 Å². The van der Waals surface area contributed by atoms with Gasteiger partial charge in [0, 0.05) is 16.5 Å². The van der Waals surface area contributed by atoms with Crippen LogP contribution in [0.3, 0.4) is 0 Å². The van der Waals surface area contributed by atoms with Crippen molar-refractivity contribution < 1.29 is 12.7 Å². The van der Waals surface area contributed by atoms with E-state index in [9.17, 15) is 0 Å². The number of rotatable bonds is 2. The summed E-state index contributed by atoms with van der Waals surface area (Å²) in [4.78, 5) is 10.4. The fraction of sp³-hybridized carbons (Fsp3) is 0.143. The molecule has 0 unspecified atom stereocenters. The van der Waals surface area contributed by atoms with Crippen LogP contribution in [0.2, 0.25) is 0 Å². The van der Waals surface area contributed by atoms with Gasteiger partial charge < -0.3 is 0 Å². The van der Waals surface area contributed by atoms with Crippen molar-refractivity contribution in [2.75, 3.05) is 0 Å². The van der Waals surface area contributed by atoms with Gasteiger partial charge in [0.15, 0.2) is 0 Å². The van der Waals surface area contributed by atoms with Crippen LogP contribution in [0.15, 0.2) is 82.8 Å². The summed E-state index contributed by atoms with van der Waals surface area (Å²) in [5.74, 6) is 0. The second kappa shape index (κ2) is 10.2. The van der Waals surface area contributed by atoms with Crippen molar-refractivity contribution in [3.63, 3.8) is 0 Å². The number of benzene rings is 4. The molecule has 2 nitrogen and oxygen atoms in total. The summed E-state index contributed by atoms with van der Waals surface area (Å²) in [5.41, 5.74) is 11.0. The molecule has 5 rings (SSSR count). The van der Waals surface area contributed by atoms with Crippen molar-refractivity contribution in [1.29, 1.82) is 0 Å². The van der Waals surface area contributed by atoms with Crippen LogP contribution in [0, 0.1) is 27.7 Å². The monoisotopic (exact) mass is 516 g/mol. The zero-order valence-corrected chi connectivity index (χ0v) is 21.4. The molecule has 0 bridgehead atoms.